The molecule has 27 heavy (non-hydrogen) atoms. The van der Waals surface area contributed by atoms with Gasteiger partial charge in [-0.1, -0.05) is 19.8 Å². The molecule has 0 unspecified atom stereocenters. The lowest BCUT2D eigenvalue weighted by Crippen LogP contribution is -2.61. The van der Waals surface area contributed by atoms with Crippen LogP contribution in [0.2, 0.25) is 0 Å². The number of aromatic nitrogens is 2. The number of amides is 2. The second-order valence-corrected chi connectivity index (χ2v) is 7.72. The number of hydrogen-bond donors (Lipinski definition) is 1. The van der Waals surface area contributed by atoms with Gasteiger partial charge in [0.1, 0.15) is 11.2 Å². The maximum atomic E-state index is 13.3. The molecule has 1 saturated carbocycles. The van der Waals surface area contributed by atoms with Crippen molar-refractivity contribution < 1.29 is 14.3 Å². The summed E-state index contributed by atoms with van der Waals surface area (Å²) >= 11 is 0. The Bertz CT molecular complexity index is 642. The Morgan fingerprint density at radius 1 is 1.26 bits per heavy atom. The van der Waals surface area contributed by atoms with Crippen LogP contribution in [0.15, 0.2) is 18.6 Å². The first-order chi connectivity index (χ1) is 13.0. The maximum absolute atomic E-state index is 13.3. The number of carbonyl (C=O) groups excluding carboxylic acids is 2. The minimum atomic E-state index is -0.955. The van der Waals surface area contributed by atoms with Gasteiger partial charge in [0.25, 0.3) is 5.91 Å². The lowest BCUT2D eigenvalue weighted by Gasteiger charge is -2.41. The molecular formula is C20H30N4O3. The van der Waals surface area contributed by atoms with E-state index in [4.69, 9.17) is 4.74 Å². The predicted octanol–water partition coefficient (Wildman–Crippen LogP) is 2.33. The highest BCUT2D eigenvalue weighted by molar-refractivity contribution is 5.97. The molecule has 1 N–H and O–H groups in total. The Morgan fingerprint density at radius 3 is 2.63 bits per heavy atom. The largest absolute Gasteiger partial charge is 0.376 e. The summed E-state index contributed by atoms with van der Waals surface area (Å²) in [6.45, 7) is 4.88. The first-order valence-electron chi connectivity index (χ1n) is 10.0. The van der Waals surface area contributed by atoms with Crippen molar-refractivity contribution >= 4 is 11.8 Å². The van der Waals surface area contributed by atoms with Gasteiger partial charge < -0.3 is 15.0 Å². The summed E-state index contributed by atoms with van der Waals surface area (Å²) in [7, 11) is 0. The second kappa shape index (κ2) is 8.78. The molecule has 0 aromatic carbocycles. The van der Waals surface area contributed by atoms with Crippen molar-refractivity contribution in [3.8, 4) is 0 Å². The highest BCUT2D eigenvalue weighted by Gasteiger charge is 2.43. The minimum Gasteiger partial charge on any atom is -0.376 e. The molecule has 0 radical (unpaired) electrons. The van der Waals surface area contributed by atoms with Crippen molar-refractivity contribution in [3.63, 3.8) is 0 Å². The number of carbonyl (C=O) groups is 2. The van der Waals surface area contributed by atoms with Crippen LogP contribution in [0.4, 0.5) is 0 Å². The summed E-state index contributed by atoms with van der Waals surface area (Å²) in [6, 6.07) is 0.208. The van der Waals surface area contributed by atoms with Crippen molar-refractivity contribution in [3.05, 3.63) is 24.3 Å². The molecule has 3 rings (SSSR count). The Hall–Kier alpha value is -2.02. The molecule has 7 nitrogen and oxygen atoms in total. The highest BCUT2D eigenvalue weighted by Crippen LogP contribution is 2.27. The van der Waals surface area contributed by atoms with Gasteiger partial charge in [-0.25, -0.2) is 4.98 Å². The average molecular weight is 374 g/mol. The minimum absolute atomic E-state index is 0.0456. The summed E-state index contributed by atoms with van der Waals surface area (Å²) in [5, 5.41) is 3.17. The van der Waals surface area contributed by atoms with Gasteiger partial charge in [0, 0.05) is 31.6 Å². The Morgan fingerprint density at radius 2 is 2.04 bits per heavy atom. The van der Waals surface area contributed by atoms with E-state index in [1.807, 2.05) is 13.8 Å². The third-order valence-corrected chi connectivity index (χ3v) is 5.90. The molecule has 1 saturated heterocycles. The van der Waals surface area contributed by atoms with Crippen LogP contribution >= 0.6 is 0 Å². The molecule has 1 aromatic rings. The van der Waals surface area contributed by atoms with E-state index in [2.05, 4.69) is 15.3 Å². The van der Waals surface area contributed by atoms with Gasteiger partial charge in [-0.15, -0.1) is 0 Å². The molecule has 7 heteroatoms. The third-order valence-electron chi connectivity index (χ3n) is 5.90. The summed E-state index contributed by atoms with van der Waals surface area (Å²) < 4.78 is 5.76. The van der Waals surface area contributed by atoms with E-state index in [0.29, 0.717) is 19.6 Å². The molecule has 2 heterocycles. The Labute approximate surface area is 160 Å². The van der Waals surface area contributed by atoms with Gasteiger partial charge in [-0.2, -0.15) is 0 Å². The van der Waals surface area contributed by atoms with Gasteiger partial charge in [0.2, 0.25) is 5.91 Å². The highest BCUT2D eigenvalue weighted by atomic mass is 16.5. The molecule has 2 fully saturated rings. The van der Waals surface area contributed by atoms with Crippen LogP contribution in [-0.2, 0) is 9.53 Å². The normalized spacial score (nSPS) is 22.4. The standard InChI is InChI=1S/C20H30N4O3/c1-3-20(2,19(26)23-15-7-4-5-8-15)24(14-16-9-6-12-27-16)18(25)17-13-21-10-11-22-17/h10-11,13,15-16H,3-9,12,14H2,1-2H3,(H,23,26)/t16-,20+/m0/s1. The van der Waals surface area contributed by atoms with E-state index in [-0.39, 0.29) is 29.7 Å². The van der Waals surface area contributed by atoms with E-state index in [0.717, 1.165) is 38.5 Å². The predicted molar refractivity (Wildman–Crippen MR) is 101 cm³/mol. The van der Waals surface area contributed by atoms with Gasteiger partial charge >= 0.3 is 0 Å². The van der Waals surface area contributed by atoms with Crippen molar-refractivity contribution in [2.75, 3.05) is 13.2 Å². The van der Waals surface area contributed by atoms with E-state index < -0.39 is 5.54 Å². The van der Waals surface area contributed by atoms with E-state index >= 15 is 0 Å². The number of nitrogens with zero attached hydrogens (tertiary/aromatic N) is 3. The Balaban J connectivity index is 1.85. The van der Waals surface area contributed by atoms with Crippen LogP contribution in [0.1, 0.15) is 69.3 Å². The van der Waals surface area contributed by atoms with Gasteiger partial charge in [-0.05, 0) is 39.0 Å². The SMILES string of the molecule is CC[C@](C)(C(=O)NC1CCCC1)N(C[C@@H]1CCCO1)C(=O)c1cnccn1. The molecule has 2 amide bonds. The fourth-order valence-corrected chi connectivity index (χ4v) is 3.93. The summed E-state index contributed by atoms with van der Waals surface area (Å²) in [6.07, 6.45) is 11.1. The maximum Gasteiger partial charge on any atom is 0.275 e. The summed E-state index contributed by atoms with van der Waals surface area (Å²) in [5.74, 6) is -0.364. The molecule has 0 spiro atoms. The fraction of sp³-hybridized carbons (Fsp3) is 0.700. The topological polar surface area (TPSA) is 84.4 Å². The van der Waals surface area contributed by atoms with Gasteiger partial charge in [0.05, 0.1) is 12.3 Å². The molecule has 1 aliphatic heterocycles. The van der Waals surface area contributed by atoms with E-state index in [1.165, 1.54) is 18.6 Å². The van der Waals surface area contributed by atoms with Gasteiger partial charge in [0.15, 0.2) is 0 Å². The van der Waals surface area contributed by atoms with E-state index in [9.17, 15) is 9.59 Å². The number of rotatable bonds is 7. The molecular weight excluding hydrogens is 344 g/mol. The number of ether oxygens (including phenoxy) is 1. The first-order valence-corrected chi connectivity index (χ1v) is 10.0. The zero-order valence-electron chi connectivity index (χ0n) is 16.3. The smallest absolute Gasteiger partial charge is 0.275 e. The van der Waals surface area contributed by atoms with Crippen LogP contribution in [-0.4, -0.2) is 57.5 Å². The van der Waals surface area contributed by atoms with Crippen molar-refractivity contribution in [1.29, 1.82) is 0 Å². The molecule has 1 aromatic heterocycles. The molecule has 1 aliphatic carbocycles. The molecule has 2 atom stereocenters. The molecule has 2 aliphatic rings. The summed E-state index contributed by atoms with van der Waals surface area (Å²) in [4.78, 5) is 36.3. The van der Waals surface area contributed by atoms with Crippen molar-refractivity contribution in [1.82, 2.24) is 20.2 Å². The number of hydrogen-bond acceptors (Lipinski definition) is 5. The molecule has 0 bridgehead atoms. The van der Waals surface area contributed by atoms with Crippen LogP contribution in [0.25, 0.3) is 0 Å². The van der Waals surface area contributed by atoms with Crippen LogP contribution in [0, 0.1) is 0 Å². The Kier molecular flexibility index (Phi) is 6.42. The summed E-state index contributed by atoms with van der Waals surface area (Å²) in [5.41, 5.74) is -0.702. The number of nitrogens with one attached hydrogen (secondary N) is 1. The second-order valence-electron chi connectivity index (χ2n) is 7.72. The molecule has 148 valence electrons. The zero-order chi connectivity index (χ0) is 19.3. The zero-order valence-corrected chi connectivity index (χ0v) is 16.3. The lowest BCUT2D eigenvalue weighted by molar-refractivity contribution is -0.133. The first kappa shape index (κ1) is 19.7. The average Bonchev–Trinajstić information content (AvgIpc) is 3.39. The monoisotopic (exact) mass is 374 g/mol. The van der Waals surface area contributed by atoms with Crippen LogP contribution in [0.5, 0.6) is 0 Å². The van der Waals surface area contributed by atoms with Crippen molar-refractivity contribution in [2.24, 2.45) is 0 Å². The van der Waals surface area contributed by atoms with E-state index in [1.54, 1.807) is 4.90 Å². The fourth-order valence-electron chi connectivity index (χ4n) is 3.93. The lowest BCUT2D eigenvalue weighted by atomic mass is 9.93. The third kappa shape index (κ3) is 4.46. The van der Waals surface area contributed by atoms with Crippen molar-refractivity contribution in [2.45, 2.75) is 76.5 Å². The van der Waals surface area contributed by atoms with Gasteiger partial charge in [-0.3, -0.25) is 14.6 Å². The quantitative estimate of drug-likeness (QED) is 0.792. The van der Waals surface area contributed by atoms with Crippen LogP contribution < -0.4 is 5.32 Å². The van der Waals surface area contributed by atoms with Crippen LogP contribution in [0.3, 0.4) is 0 Å².